The van der Waals surface area contributed by atoms with Crippen LogP contribution in [0.25, 0.3) is 5.69 Å². The normalized spacial score (nSPS) is 15.8. The lowest BCUT2D eigenvalue weighted by atomic mass is 9.80. The van der Waals surface area contributed by atoms with Gasteiger partial charge >= 0.3 is 42.6 Å². The monoisotopic (exact) mass is 1110 g/mol. The van der Waals surface area contributed by atoms with Gasteiger partial charge in [0, 0.05) is 13.1 Å². The second kappa shape index (κ2) is 24.3. The fraction of sp³-hybridized carbons (Fsp3) is 0.593. The van der Waals surface area contributed by atoms with Gasteiger partial charge in [-0.1, -0.05) is 53.7 Å². The zero-order valence-corrected chi connectivity index (χ0v) is 51.1. The fourth-order valence-corrected chi connectivity index (χ4v) is 9.64. The summed E-state index contributed by atoms with van der Waals surface area (Å²) in [6.07, 6.45) is -0.965. The molecule has 2 aliphatic rings. The Balaban J connectivity index is 0.000000272. The third-order valence-electron chi connectivity index (χ3n) is 13.8. The Bertz CT molecular complexity index is 2830. The number of H-pyrrole nitrogens is 1. The van der Waals surface area contributed by atoms with E-state index in [1.807, 2.05) is 26.0 Å². The van der Waals surface area contributed by atoms with Crippen LogP contribution in [0.4, 0.5) is 9.59 Å². The molecule has 23 heteroatoms. The second-order valence-electron chi connectivity index (χ2n) is 24.4. The summed E-state index contributed by atoms with van der Waals surface area (Å²) in [5.74, 6) is 0.293. The first-order chi connectivity index (χ1) is 35.2. The highest BCUT2D eigenvalue weighted by atomic mass is 28.4. The maximum atomic E-state index is 13.6. The molecule has 0 saturated heterocycles. The van der Waals surface area contributed by atoms with E-state index in [9.17, 15) is 28.8 Å². The highest BCUT2D eigenvalue weighted by molar-refractivity contribution is 6.75. The van der Waals surface area contributed by atoms with E-state index < -0.39 is 59.1 Å². The van der Waals surface area contributed by atoms with Gasteiger partial charge < -0.3 is 37.8 Å². The molecule has 20 nitrogen and oxygen atoms in total. The molecule has 0 fully saturated rings. The fourth-order valence-electron chi connectivity index (χ4n) is 7.58. The number of hydrogen-bond donors (Lipinski definition) is 3. The molecular weight excluding hydrogens is 1020 g/mol. The first kappa shape index (κ1) is 63.5. The van der Waals surface area contributed by atoms with Gasteiger partial charge in [-0.05, 0) is 147 Å². The van der Waals surface area contributed by atoms with Crippen molar-refractivity contribution in [3.05, 3.63) is 92.3 Å². The van der Waals surface area contributed by atoms with E-state index >= 15 is 0 Å². The smallest absolute Gasteiger partial charge is 0.488 e. The number of carbonyl (C=O) groups excluding carboxylic acids is 4. The predicted octanol–water partition coefficient (Wildman–Crippen LogP) is 8.58. The Morgan fingerprint density at radius 3 is 1.43 bits per heavy atom. The quantitative estimate of drug-likeness (QED) is 0.0767. The van der Waals surface area contributed by atoms with Gasteiger partial charge in [0.05, 0.1) is 55.5 Å². The Hall–Kier alpha value is -6.04. The molecule has 0 spiro atoms. The van der Waals surface area contributed by atoms with Gasteiger partial charge in [0.2, 0.25) is 16.6 Å². The number of nitrogens with one attached hydrogen (secondary N) is 1. The molecule has 2 aromatic heterocycles. The van der Waals surface area contributed by atoms with Crippen LogP contribution in [0.1, 0.15) is 143 Å². The van der Waals surface area contributed by atoms with E-state index in [2.05, 4.69) is 72.7 Å². The molecule has 2 aliphatic heterocycles. The summed E-state index contributed by atoms with van der Waals surface area (Å²) in [6, 6.07) is 13.6. The minimum absolute atomic E-state index is 0.0395. The molecule has 2 atom stereocenters. The lowest BCUT2D eigenvalue weighted by Gasteiger charge is -2.36. The number of fused-ring (bicyclic) bond motifs is 2. The van der Waals surface area contributed by atoms with Crippen molar-refractivity contribution in [3.8, 4) is 17.2 Å². The number of amides is 2. The number of hydrogen-bond acceptors (Lipinski definition) is 14. The zero-order chi connectivity index (χ0) is 58.6. The van der Waals surface area contributed by atoms with Crippen molar-refractivity contribution in [2.24, 2.45) is 0 Å². The molecule has 0 saturated carbocycles. The third-order valence-corrected chi connectivity index (χ3v) is 22.5. The molecule has 3 N–H and O–H groups in total. The van der Waals surface area contributed by atoms with Crippen molar-refractivity contribution in [1.29, 1.82) is 0 Å². The van der Waals surface area contributed by atoms with Crippen molar-refractivity contribution in [2.75, 3.05) is 13.2 Å². The summed E-state index contributed by atoms with van der Waals surface area (Å²) in [4.78, 5) is 81.5. The highest BCUT2D eigenvalue weighted by Crippen LogP contribution is 2.39. The third kappa shape index (κ3) is 16.0. The Morgan fingerprint density at radius 2 is 1.03 bits per heavy atom. The predicted molar refractivity (Wildman–Crippen MR) is 301 cm³/mol. The maximum Gasteiger partial charge on any atom is 0.488 e. The average molecular weight is 1110 g/mol. The Labute approximate surface area is 456 Å². The molecule has 2 amide bonds. The molecule has 0 aliphatic carbocycles. The average Bonchev–Trinajstić information content (AvgIpc) is 3.76. The van der Waals surface area contributed by atoms with E-state index in [4.69, 9.17) is 37.8 Å². The maximum absolute atomic E-state index is 13.6. The number of benzene rings is 2. The van der Waals surface area contributed by atoms with Gasteiger partial charge in [-0.3, -0.25) is 28.5 Å². The standard InChI is InChI=1S/C27H41N3O6Si.C15H23N3O5.C12H21BO3Si/c1-11-34-23(31)22-21-17-28(25(33)35-26(3,4)5)18(2)16-29(21)24(32)30(22)19-12-14-20(15-13-19)36-37(9,10)27(6,7)8;1-6-22-12(19)11-10-8-17(14(21)23-15(3,4)5)9(2)7-18(10)13(20)16-11;1-12(2,3)17(4,5)16-11-8-6-10(7-9-11)13(14)15/h12-15,18H,11,16-17H2,1-10H3;9H,6-8H2,1-5H3,(H,16,20);6-9,14-15H,1-5H3. The molecular formula is C54H85BN6O14Si2. The largest absolute Gasteiger partial charge is 0.544 e. The van der Waals surface area contributed by atoms with Crippen LogP contribution in [0.2, 0.25) is 36.3 Å². The minimum Gasteiger partial charge on any atom is -0.544 e. The van der Waals surface area contributed by atoms with Crippen LogP contribution in [0.5, 0.6) is 11.5 Å². The van der Waals surface area contributed by atoms with Gasteiger partial charge in [-0.2, -0.15) is 0 Å². The van der Waals surface area contributed by atoms with E-state index in [0.717, 1.165) is 11.5 Å². The Morgan fingerprint density at radius 1 is 0.623 bits per heavy atom. The minimum atomic E-state index is -2.04. The molecule has 2 unspecified atom stereocenters. The Kier molecular flexibility index (Phi) is 20.1. The SMILES string of the molecule is CC(C)(C)[Si](C)(C)Oc1ccc(B(O)O)cc1.CCOC(=O)c1[nH]c(=O)n2c1CN(C(=O)OC(C)(C)C)C(C)C2.CCOC(=O)c1c2n(c(=O)n1-c1ccc(O[Si](C)(C)C(C)(C)C)cc1)CC(C)N(C(=O)OC(C)(C)C)C2. The number of aromatic nitrogens is 4. The summed E-state index contributed by atoms with van der Waals surface area (Å²) in [5.41, 5.74) is 0.0647. The van der Waals surface area contributed by atoms with Crippen LogP contribution >= 0.6 is 0 Å². The van der Waals surface area contributed by atoms with E-state index in [0.29, 0.717) is 29.1 Å². The number of aromatic amines is 1. The molecule has 6 rings (SSSR count). The van der Waals surface area contributed by atoms with Crippen LogP contribution in [0.3, 0.4) is 0 Å². The molecule has 426 valence electrons. The molecule has 2 aromatic carbocycles. The van der Waals surface area contributed by atoms with Crippen molar-refractivity contribution in [3.63, 3.8) is 0 Å². The number of ether oxygens (including phenoxy) is 4. The van der Waals surface area contributed by atoms with Crippen LogP contribution in [-0.4, -0.2) is 123 Å². The van der Waals surface area contributed by atoms with E-state index in [1.54, 1.807) is 101 Å². The van der Waals surface area contributed by atoms with Crippen LogP contribution in [0.15, 0.2) is 58.1 Å². The number of nitrogens with zero attached hydrogens (tertiary/aromatic N) is 5. The first-order valence-electron chi connectivity index (χ1n) is 26.2. The molecule has 4 heterocycles. The van der Waals surface area contributed by atoms with Crippen molar-refractivity contribution < 1.29 is 57.0 Å². The van der Waals surface area contributed by atoms with E-state index in [-0.39, 0.29) is 77.8 Å². The molecule has 0 radical (unpaired) electrons. The van der Waals surface area contributed by atoms with Gasteiger partial charge in [0.1, 0.15) is 22.7 Å². The van der Waals surface area contributed by atoms with Crippen molar-refractivity contribution in [2.45, 2.75) is 197 Å². The van der Waals surface area contributed by atoms with Gasteiger partial charge in [0.15, 0.2) is 11.4 Å². The molecule has 0 bridgehead atoms. The number of carbonyl (C=O) groups is 4. The van der Waals surface area contributed by atoms with Gasteiger partial charge in [-0.25, -0.2) is 28.8 Å². The van der Waals surface area contributed by atoms with Crippen molar-refractivity contribution in [1.82, 2.24) is 28.5 Å². The topological polar surface area (TPSA) is 235 Å². The molecule has 4 aromatic rings. The second-order valence-corrected chi connectivity index (χ2v) is 33.9. The summed E-state index contributed by atoms with van der Waals surface area (Å²) in [5, 5.41) is 18.2. The first-order valence-corrected chi connectivity index (χ1v) is 32.0. The number of esters is 2. The van der Waals surface area contributed by atoms with Crippen LogP contribution < -0.4 is 25.7 Å². The summed E-state index contributed by atoms with van der Waals surface area (Å²) in [6.45, 7) is 40.7. The molecule has 77 heavy (non-hydrogen) atoms. The van der Waals surface area contributed by atoms with Gasteiger partial charge in [-0.15, -0.1) is 0 Å². The lowest BCUT2D eigenvalue weighted by Crippen LogP contribution is -2.48. The zero-order valence-electron chi connectivity index (χ0n) is 49.1. The highest BCUT2D eigenvalue weighted by Gasteiger charge is 2.41. The van der Waals surface area contributed by atoms with Crippen LogP contribution in [-0.2, 0) is 45.1 Å². The van der Waals surface area contributed by atoms with Crippen LogP contribution in [0, 0.1) is 0 Å². The summed E-state index contributed by atoms with van der Waals surface area (Å²) in [7, 11) is -5.28. The lowest BCUT2D eigenvalue weighted by molar-refractivity contribution is 0.00840. The van der Waals surface area contributed by atoms with Gasteiger partial charge in [0.25, 0.3) is 0 Å². The van der Waals surface area contributed by atoms with Crippen molar-refractivity contribution >= 4 is 53.3 Å². The number of imidazole rings is 2. The van der Waals surface area contributed by atoms with E-state index in [1.165, 1.54) is 14.0 Å². The number of rotatable bonds is 10. The summed E-state index contributed by atoms with van der Waals surface area (Å²) < 4.78 is 38.1. The summed E-state index contributed by atoms with van der Waals surface area (Å²) >= 11 is 0.